The van der Waals surface area contributed by atoms with E-state index >= 15 is 0 Å². The summed E-state index contributed by atoms with van der Waals surface area (Å²) < 4.78 is 53.5. The highest BCUT2D eigenvalue weighted by molar-refractivity contribution is 5.75. The van der Waals surface area contributed by atoms with Crippen molar-refractivity contribution in [3.05, 3.63) is 16.4 Å². The Balaban J connectivity index is 1.67. The van der Waals surface area contributed by atoms with Crippen molar-refractivity contribution in [2.24, 2.45) is 0 Å². The van der Waals surface area contributed by atoms with Crippen LogP contribution in [0.25, 0.3) is 0 Å². The smallest absolute Gasteiger partial charge is 0.408 e. The lowest BCUT2D eigenvalue weighted by Crippen LogP contribution is -2.54. The van der Waals surface area contributed by atoms with Crippen LogP contribution in [0.2, 0.25) is 0 Å². The Labute approximate surface area is 177 Å². The van der Waals surface area contributed by atoms with Gasteiger partial charge in [0.05, 0.1) is 19.3 Å². The van der Waals surface area contributed by atoms with Gasteiger partial charge in [0, 0.05) is 19.2 Å². The molecule has 8 nitrogen and oxygen atoms in total. The summed E-state index contributed by atoms with van der Waals surface area (Å²) in [5.41, 5.74) is -0.437. The summed E-state index contributed by atoms with van der Waals surface area (Å²) in [6.07, 6.45) is -1.83. The summed E-state index contributed by atoms with van der Waals surface area (Å²) in [5, 5.41) is 0. The predicted molar refractivity (Wildman–Crippen MR) is 106 cm³/mol. The van der Waals surface area contributed by atoms with Gasteiger partial charge in [0.1, 0.15) is 24.5 Å². The summed E-state index contributed by atoms with van der Waals surface area (Å²) in [5.74, 6) is -0.573. The molecule has 11 heteroatoms. The first-order valence-corrected chi connectivity index (χ1v) is 10.7. The van der Waals surface area contributed by atoms with Crippen LogP contribution in [0.3, 0.4) is 0 Å². The van der Waals surface area contributed by atoms with Crippen LogP contribution in [0.1, 0.15) is 39.0 Å². The highest BCUT2D eigenvalue weighted by Gasteiger charge is 2.47. The van der Waals surface area contributed by atoms with E-state index in [4.69, 9.17) is 9.47 Å². The fourth-order valence-electron chi connectivity index (χ4n) is 4.56. The van der Waals surface area contributed by atoms with Crippen LogP contribution < -0.4 is 15.4 Å². The van der Waals surface area contributed by atoms with Crippen molar-refractivity contribution in [1.82, 2.24) is 9.55 Å². The normalized spacial score (nSPS) is 24.9. The topological polar surface area (TPSA) is 76.9 Å². The summed E-state index contributed by atoms with van der Waals surface area (Å²) in [7, 11) is 0. The first kappa shape index (κ1) is 21.9. The molecule has 2 atom stereocenters. The average Bonchev–Trinajstić information content (AvgIpc) is 3.20. The number of alkyl halides is 3. The minimum atomic E-state index is -4.57. The molecule has 2 unspecified atom stereocenters. The zero-order valence-electron chi connectivity index (χ0n) is 17.4. The van der Waals surface area contributed by atoms with Crippen molar-refractivity contribution in [2.45, 2.75) is 69.9 Å². The van der Waals surface area contributed by atoms with E-state index in [0.29, 0.717) is 25.6 Å². The van der Waals surface area contributed by atoms with Gasteiger partial charge in [-0.05, 0) is 39.0 Å². The maximum absolute atomic E-state index is 13.8. The Hall–Kier alpha value is -2.30. The highest BCUT2D eigenvalue weighted by atomic mass is 19.4. The zero-order valence-corrected chi connectivity index (χ0v) is 17.4. The van der Waals surface area contributed by atoms with E-state index in [-0.39, 0.29) is 31.1 Å². The number of rotatable bonds is 4. The van der Waals surface area contributed by atoms with Gasteiger partial charge in [-0.3, -0.25) is 14.2 Å². The second-order valence-electron chi connectivity index (χ2n) is 8.39. The number of hydrogen-bond donors (Lipinski definition) is 0. The molecule has 1 aromatic rings. The highest BCUT2D eigenvalue weighted by Crippen LogP contribution is 2.34. The van der Waals surface area contributed by atoms with Gasteiger partial charge in [0.2, 0.25) is 5.95 Å². The number of carbonyl (C=O) groups excluding carboxylic acids is 1. The minimum Gasteiger partial charge on any atom is -0.461 e. The van der Waals surface area contributed by atoms with Crippen LogP contribution in [-0.4, -0.2) is 66.2 Å². The molecule has 4 rings (SSSR count). The number of carbonyl (C=O) groups is 1. The number of ether oxygens (including phenoxy) is 2. The van der Waals surface area contributed by atoms with Gasteiger partial charge in [0.15, 0.2) is 0 Å². The molecule has 0 amide bonds. The molecule has 0 spiro atoms. The van der Waals surface area contributed by atoms with Crippen LogP contribution in [0.4, 0.5) is 24.9 Å². The number of anilines is 2. The Morgan fingerprint density at radius 1 is 1.26 bits per heavy atom. The van der Waals surface area contributed by atoms with Crippen molar-refractivity contribution in [3.8, 4) is 0 Å². The molecule has 3 aliphatic rings. The maximum atomic E-state index is 13.8. The van der Waals surface area contributed by atoms with Gasteiger partial charge in [-0.25, -0.2) is 0 Å². The summed E-state index contributed by atoms with van der Waals surface area (Å²) in [6, 6.07) is -0.645. The van der Waals surface area contributed by atoms with Crippen LogP contribution >= 0.6 is 0 Å². The van der Waals surface area contributed by atoms with E-state index in [1.165, 1.54) is 10.6 Å². The molecule has 2 fully saturated rings. The van der Waals surface area contributed by atoms with E-state index < -0.39 is 30.3 Å². The summed E-state index contributed by atoms with van der Waals surface area (Å²) >= 11 is 0. The third kappa shape index (κ3) is 4.65. The largest absolute Gasteiger partial charge is 0.461 e. The monoisotopic (exact) mass is 444 g/mol. The third-order valence-corrected chi connectivity index (χ3v) is 6.17. The van der Waals surface area contributed by atoms with Crippen LogP contribution in [0.5, 0.6) is 0 Å². The standard InChI is InChI=1S/C20H27F3N4O4/c1-13-12-30-9-8-25(13)16-10-17(28)26-7-6-15(20(21,22)23)27(19(26)24-16)11-18(29)31-14-4-2-3-5-14/h10,13-15H,2-9,11-12H2,1H3. The van der Waals surface area contributed by atoms with E-state index in [2.05, 4.69) is 4.98 Å². The molecular weight excluding hydrogens is 417 g/mol. The average molecular weight is 444 g/mol. The molecule has 1 saturated carbocycles. The molecule has 0 bridgehead atoms. The second-order valence-corrected chi connectivity index (χ2v) is 8.39. The molecule has 0 N–H and O–H groups in total. The Bertz CT molecular complexity index is 869. The molecule has 0 radical (unpaired) electrons. The maximum Gasteiger partial charge on any atom is 0.408 e. The van der Waals surface area contributed by atoms with Gasteiger partial charge in [-0.2, -0.15) is 18.2 Å². The van der Waals surface area contributed by atoms with E-state index in [9.17, 15) is 22.8 Å². The quantitative estimate of drug-likeness (QED) is 0.659. The lowest BCUT2D eigenvalue weighted by Gasteiger charge is -2.40. The molecule has 1 aliphatic carbocycles. The lowest BCUT2D eigenvalue weighted by molar-refractivity contribution is -0.157. The lowest BCUT2D eigenvalue weighted by atomic mass is 10.1. The first-order chi connectivity index (χ1) is 14.7. The minimum absolute atomic E-state index is 0.0773. The summed E-state index contributed by atoms with van der Waals surface area (Å²) in [4.78, 5) is 32.4. The van der Waals surface area contributed by atoms with E-state index in [0.717, 1.165) is 30.6 Å². The third-order valence-electron chi connectivity index (χ3n) is 6.17. The number of hydrogen-bond acceptors (Lipinski definition) is 7. The Kier molecular flexibility index (Phi) is 6.14. The number of nitrogens with zero attached hydrogens (tertiary/aromatic N) is 4. The number of morpholine rings is 1. The van der Waals surface area contributed by atoms with Crippen molar-refractivity contribution in [1.29, 1.82) is 0 Å². The summed E-state index contributed by atoms with van der Waals surface area (Å²) in [6.45, 7) is 2.53. The van der Waals surface area contributed by atoms with Gasteiger partial charge < -0.3 is 19.3 Å². The second kappa shape index (κ2) is 8.68. The van der Waals surface area contributed by atoms with Crippen LogP contribution in [0.15, 0.2) is 10.9 Å². The Morgan fingerprint density at radius 3 is 2.68 bits per heavy atom. The molecular formula is C20H27F3N4O4. The molecule has 1 saturated heterocycles. The van der Waals surface area contributed by atoms with Crippen molar-refractivity contribution < 1.29 is 27.4 Å². The van der Waals surface area contributed by atoms with Crippen molar-refractivity contribution in [3.63, 3.8) is 0 Å². The van der Waals surface area contributed by atoms with Crippen molar-refractivity contribution >= 4 is 17.7 Å². The van der Waals surface area contributed by atoms with Crippen LogP contribution in [-0.2, 0) is 20.8 Å². The van der Waals surface area contributed by atoms with Crippen LogP contribution in [0, 0.1) is 0 Å². The Morgan fingerprint density at radius 2 is 2.00 bits per heavy atom. The fourth-order valence-corrected chi connectivity index (χ4v) is 4.56. The van der Waals surface area contributed by atoms with Gasteiger partial charge in [0.25, 0.3) is 5.56 Å². The molecule has 3 heterocycles. The van der Waals surface area contributed by atoms with Crippen molar-refractivity contribution in [2.75, 3.05) is 36.1 Å². The fraction of sp³-hybridized carbons (Fsp3) is 0.750. The van der Waals surface area contributed by atoms with E-state index in [1.54, 1.807) is 0 Å². The van der Waals surface area contributed by atoms with Gasteiger partial charge in [-0.1, -0.05) is 0 Å². The molecule has 0 aromatic carbocycles. The molecule has 2 aliphatic heterocycles. The number of esters is 1. The molecule has 31 heavy (non-hydrogen) atoms. The molecule has 172 valence electrons. The SMILES string of the molecule is CC1COCCN1c1cc(=O)n2c(n1)N(CC(=O)OC1CCCC1)C(C(F)(F)F)CC2. The first-order valence-electron chi connectivity index (χ1n) is 10.7. The number of halogens is 3. The zero-order chi connectivity index (χ0) is 22.2. The van der Waals surface area contributed by atoms with Gasteiger partial charge >= 0.3 is 12.1 Å². The van der Waals surface area contributed by atoms with Gasteiger partial charge in [-0.15, -0.1) is 0 Å². The number of fused-ring (bicyclic) bond motifs is 1. The number of aromatic nitrogens is 2. The van der Waals surface area contributed by atoms with E-state index in [1.807, 2.05) is 11.8 Å². The predicted octanol–water partition coefficient (Wildman–Crippen LogP) is 2.10. The molecule has 1 aromatic heterocycles.